The van der Waals surface area contributed by atoms with Gasteiger partial charge in [0, 0.05) is 6.61 Å². The summed E-state index contributed by atoms with van der Waals surface area (Å²) in [5.74, 6) is 1.67. The molecular weight excluding hydrogens is 210 g/mol. The molecule has 0 aliphatic heterocycles. The summed E-state index contributed by atoms with van der Waals surface area (Å²) in [5, 5.41) is 9.41. The third-order valence-electron chi connectivity index (χ3n) is 4.43. The Kier molecular flexibility index (Phi) is 4.45. The van der Waals surface area contributed by atoms with Crippen LogP contribution in [0, 0.1) is 28.6 Å². The van der Waals surface area contributed by atoms with Crippen molar-refractivity contribution in [1.82, 2.24) is 0 Å². The fourth-order valence-corrected chi connectivity index (χ4v) is 2.92. The minimum atomic E-state index is -0.154. The van der Waals surface area contributed by atoms with Gasteiger partial charge < -0.3 is 4.74 Å². The van der Waals surface area contributed by atoms with E-state index in [0.29, 0.717) is 6.61 Å². The molecule has 0 radical (unpaired) electrons. The lowest BCUT2D eigenvalue weighted by atomic mass is 9.71. The zero-order chi connectivity index (χ0) is 12.1. The second-order valence-corrected chi connectivity index (χ2v) is 6.08. The predicted octanol–water partition coefficient (Wildman–Crippen LogP) is 3.91. The van der Waals surface area contributed by atoms with E-state index in [1.165, 1.54) is 38.5 Å². The Morgan fingerprint density at radius 1 is 1.18 bits per heavy atom. The number of hydrogen-bond donors (Lipinski definition) is 0. The molecule has 0 unspecified atom stereocenters. The van der Waals surface area contributed by atoms with Gasteiger partial charge in [-0.1, -0.05) is 19.8 Å². The largest absolute Gasteiger partial charge is 0.380 e. The third kappa shape index (κ3) is 3.71. The van der Waals surface area contributed by atoms with Crippen molar-refractivity contribution in [3.8, 4) is 6.07 Å². The molecule has 2 aliphatic carbocycles. The van der Waals surface area contributed by atoms with Crippen molar-refractivity contribution in [2.24, 2.45) is 17.3 Å². The Hall–Kier alpha value is -0.550. The Morgan fingerprint density at radius 3 is 2.41 bits per heavy atom. The fraction of sp³-hybridized carbons (Fsp3) is 0.933. The first kappa shape index (κ1) is 12.9. The highest BCUT2D eigenvalue weighted by Crippen LogP contribution is 2.40. The van der Waals surface area contributed by atoms with Gasteiger partial charge in [0.15, 0.2) is 0 Å². The molecule has 96 valence electrons. The molecule has 0 spiro atoms. The summed E-state index contributed by atoms with van der Waals surface area (Å²) in [6, 6.07) is 2.55. The van der Waals surface area contributed by atoms with Crippen molar-refractivity contribution in [2.45, 2.75) is 58.3 Å². The van der Waals surface area contributed by atoms with E-state index in [1.807, 2.05) is 0 Å². The molecule has 0 N–H and O–H groups in total. The molecule has 0 atom stereocenters. The smallest absolute Gasteiger partial charge is 0.0807 e. The zero-order valence-corrected chi connectivity index (χ0v) is 11.1. The SMILES string of the molecule is CCCC1CCC(C#N)(COCC2CC2)CC1. The standard InChI is InChI=1S/C15H25NO/c1-2-3-13-6-8-15(11-16,9-7-13)12-17-10-14-4-5-14/h13-14H,2-10,12H2,1H3. The number of ether oxygens (including phenoxy) is 1. The lowest BCUT2D eigenvalue weighted by Gasteiger charge is -2.34. The molecule has 0 saturated heterocycles. The van der Waals surface area contributed by atoms with E-state index in [4.69, 9.17) is 4.74 Å². The van der Waals surface area contributed by atoms with Gasteiger partial charge in [0.1, 0.15) is 0 Å². The van der Waals surface area contributed by atoms with Crippen molar-refractivity contribution in [3.63, 3.8) is 0 Å². The Balaban J connectivity index is 1.73. The Morgan fingerprint density at radius 2 is 1.88 bits per heavy atom. The first-order chi connectivity index (χ1) is 8.28. The summed E-state index contributed by atoms with van der Waals surface area (Å²) >= 11 is 0. The van der Waals surface area contributed by atoms with Crippen LogP contribution in [0.1, 0.15) is 58.3 Å². The lowest BCUT2D eigenvalue weighted by Crippen LogP contribution is -2.31. The van der Waals surface area contributed by atoms with E-state index in [1.54, 1.807) is 0 Å². The summed E-state index contributed by atoms with van der Waals surface area (Å²) < 4.78 is 5.76. The highest BCUT2D eigenvalue weighted by atomic mass is 16.5. The molecule has 2 saturated carbocycles. The second-order valence-electron chi connectivity index (χ2n) is 6.08. The van der Waals surface area contributed by atoms with Crippen LogP contribution in [-0.4, -0.2) is 13.2 Å². The van der Waals surface area contributed by atoms with Crippen LogP contribution in [0.25, 0.3) is 0 Å². The third-order valence-corrected chi connectivity index (χ3v) is 4.43. The topological polar surface area (TPSA) is 33.0 Å². The normalized spacial score (nSPS) is 33.3. The molecule has 2 aliphatic rings. The van der Waals surface area contributed by atoms with Gasteiger partial charge >= 0.3 is 0 Å². The van der Waals surface area contributed by atoms with E-state index in [0.717, 1.165) is 31.3 Å². The van der Waals surface area contributed by atoms with Gasteiger partial charge in [0.25, 0.3) is 0 Å². The van der Waals surface area contributed by atoms with Gasteiger partial charge in [0.05, 0.1) is 18.1 Å². The molecule has 0 heterocycles. The molecule has 0 aromatic carbocycles. The lowest BCUT2D eigenvalue weighted by molar-refractivity contribution is 0.0371. The van der Waals surface area contributed by atoms with Crippen LogP contribution in [0.5, 0.6) is 0 Å². The molecule has 2 nitrogen and oxygen atoms in total. The first-order valence-electron chi connectivity index (χ1n) is 7.27. The molecule has 2 rings (SSSR count). The quantitative estimate of drug-likeness (QED) is 0.699. The van der Waals surface area contributed by atoms with Crippen molar-refractivity contribution < 1.29 is 4.74 Å². The average Bonchev–Trinajstić information content (AvgIpc) is 3.16. The molecular formula is C15H25NO. The van der Waals surface area contributed by atoms with Crippen molar-refractivity contribution in [2.75, 3.05) is 13.2 Å². The number of hydrogen-bond acceptors (Lipinski definition) is 2. The van der Waals surface area contributed by atoms with Crippen LogP contribution in [0.4, 0.5) is 0 Å². The van der Waals surface area contributed by atoms with E-state index < -0.39 is 0 Å². The Bertz CT molecular complexity index is 269. The molecule has 0 aromatic heterocycles. The maximum atomic E-state index is 9.41. The van der Waals surface area contributed by atoms with E-state index in [9.17, 15) is 5.26 Å². The molecule has 2 fully saturated rings. The van der Waals surface area contributed by atoms with Crippen LogP contribution in [0.2, 0.25) is 0 Å². The molecule has 0 aromatic rings. The highest BCUT2D eigenvalue weighted by Gasteiger charge is 2.36. The predicted molar refractivity (Wildman–Crippen MR) is 68.5 cm³/mol. The van der Waals surface area contributed by atoms with Crippen molar-refractivity contribution in [1.29, 1.82) is 5.26 Å². The van der Waals surface area contributed by atoms with Gasteiger partial charge in [-0.25, -0.2) is 0 Å². The average molecular weight is 235 g/mol. The van der Waals surface area contributed by atoms with Crippen molar-refractivity contribution in [3.05, 3.63) is 0 Å². The summed E-state index contributed by atoms with van der Waals surface area (Å²) in [4.78, 5) is 0. The maximum Gasteiger partial charge on any atom is 0.0807 e. The molecule has 0 bridgehead atoms. The van der Waals surface area contributed by atoms with Crippen LogP contribution in [0.15, 0.2) is 0 Å². The van der Waals surface area contributed by atoms with E-state index >= 15 is 0 Å². The van der Waals surface area contributed by atoms with Gasteiger partial charge in [0.2, 0.25) is 0 Å². The summed E-state index contributed by atoms with van der Waals surface area (Å²) in [6.45, 7) is 3.82. The van der Waals surface area contributed by atoms with Crippen LogP contribution in [0.3, 0.4) is 0 Å². The summed E-state index contributed by atoms with van der Waals surface area (Å²) in [7, 11) is 0. The molecule has 0 amide bonds. The molecule has 2 heteroatoms. The molecule has 17 heavy (non-hydrogen) atoms. The van der Waals surface area contributed by atoms with Crippen molar-refractivity contribution >= 4 is 0 Å². The van der Waals surface area contributed by atoms with E-state index in [2.05, 4.69) is 13.0 Å². The zero-order valence-electron chi connectivity index (χ0n) is 11.1. The first-order valence-corrected chi connectivity index (χ1v) is 7.27. The van der Waals surface area contributed by atoms with Gasteiger partial charge in [-0.3, -0.25) is 0 Å². The Labute approximate surface area is 105 Å². The summed E-state index contributed by atoms with van der Waals surface area (Å²) in [6.07, 6.45) is 9.85. The van der Waals surface area contributed by atoms with Crippen LogP contribution < -0.4 is 0 Å². The van der Waals surface area contributed by atoms with E-state index in [-0.39, 0.29) is 5.41 Å². The van der Waals surface area contributed by atoms with Crippen LogP contribution in [-0.2, 0) is 4.74 Å². The minimum absolute atomic E-state index is 0.154. The maximum absolute atomic E-state index is 9.41. The monoisotopic (exact) mass is 235 g/mol. The van der Waals surface area contributed by atoms with Crippen LogP contribution >= 0.6 is 0 Å². The summed E-state index contributed by atoms with van der Waals surface area (Å²) in [5.41, 5.74) is -0.154. The highest BCUT2D eigenvalue weighted by molar-refractivity contribution is 5.01. The van der Waals surface area contributed by atoms with Gasteiger partial charge in [-0.2, -0.15) is 5.26 Å². The minimum Gasteiger partial charge on any atom is -0.380 e. The van der Waals surface area contributed by atoms with Gasteiger partial charge in [-0.05, 0) is 50.4 Å². The van der Waals surface area contributed by atoms with Gasteiger partial charge in [-0.15, -0.1) is 0 Å². The fourth-order valence-electron chi connectivity index (χ4n) is 2.92. The number of nitriles is 1. The number of rotatable bonds is 6. The number of nitrogens with zero attached hydrogens (tertiary/aromatic N) is 1. The second kappa shape index (κ2) is 5.87.